The van der Waals surface area contributed by atoms with Crippen LogP contribution in [0.15, 0.2) is 76.8 Å². The molecule has 0 unspecified atom stereocenters. The number of ether oxygens (including phenoxy) is 1. The van der Waals surface area contributed by atoms with E-state index in [2.05, 4.69) is 21.2 Å². The number of rotatable bonds is 5. The van der Waals surface area contributed by atoms with Gasteiger partial charge in [0.25, 0.3) is 11.8 Å². The minimum atomic E-state index is -0.757. The lowest BCUT2D eigenvalue weighted by molar-refractivity contribution is -0.122. The average Bonchev–Trinajstić information content (AvgIpc) is 2.80. The zero-order valence-corrected chi connectivity index (χ0v) is 19.7. The molecule has 1 N–H and O–H groups in total. The average molecular weight is 505 g/mol. The van der Waals surface area contributed by atoms with Gasteiger partial charge in [0.05, 0.1) is 5.69 Å². The number of urea groups is 1. The zero-order valence-electron chi connectivity index (χ0n) is 18.1. The van der Waals surface area contributed by atoms with Gasteiger partial charge in [0, 0.05) is 4.47 Å². The Morgan fingerprint density at radius 3 is 2.33 bits per heavy atom. The van der Waals surface area contributed by atoms with Crippen molar-refractivity contribution >= 4 is 45.5 Å². The summed E-state index contributed by atoms with van der Waals surface area (Å²) >= 11 is 3.40. The van der Waals surface area contributed by atoms with Gasteiger partial charge in [-0.1, -0.05) is 52.3 Å². The summed E-state index contributed by atoms with van der Waals surface area (Å²) in [6, 6.07) is 19.5. The van der Waals surface area contributed by atoms with Crippen LogP contribution in [0.5, 0.6) is 5.75 Å². The summed E-state index contributed by atoms with van der Waals surface area (Å²) in [6.45, 7) is 4.15. The quantitative estimate of drug-likeness (QED) is 0.377. The number of hydrogen-bond donors (Lipinski definition) is 1. The molecular weight excluding hydrogens is 484 g/mol. The van der Waals surface area contributed by atoms with Crippen LogP contribution >= 0.6 is 15.9 Å². The van der Waals surface area contributed by atoms with Gasteiger partial charge in [0.1, 0.15) is 17.9 Å². The van der Waals surface area contributed by atoms with E-state index >= 15 is 0 Å². The minimum absolute atomic E-state index is 0.112. The molecule has 1 aliphatic rings. The van der Waals surface area contributed by atoms with Crippen LogP contribution in [-0.2, 0) is 16.2 Å². The molecular formula is C26H21BrN2O4. The van der Waals surface area contributed by atoms with Crippen LogP contribution in [0.4, 0.5) is 10.5 Å². The monoisotopic (exact) mass is 504 g/mol. The first kappa shape index (κ1) is 22.5. The molecule has 0 spiro atoms. The lowest BCUT2D eigenvalue weighted by atomic mass is 10.0. The molecule has 7 heteroatoms. The standard InChI is InChI=1S/C26H21BrN2O4/c1-16-4-3-5-23(17(16)2)29-25(31)22(24(30)28-26(29)32)14-18-8-12-21(13-9-18)33-15-19-6-10-20(27)11-7-19/h3-14H,15H2,1-2H3,(H,28,30,32)/b22-14+. The van der Waals surface area contributed by atoms with Crippen molar-refractivity contribution in [3.63, 3.8) is 0 Å². The number of amides is 4. The van der Waals surface area contributed by atoms with Crippen LogP contribution in [0.3, 0.4) is 0 Å². The molecule has 1 heterocycles. The van der Waals surface area contributed by atoms with E-state index < -0.39 is 17.8 Å². The second-order valence-corrected chi connectivity index (χ2v) is 8.58. The highest BCUT2D eigenvalue weighted by Crippen LogP contribution is 2.27. The van der Waals surface area contributed by atoms with E-state index in [9.17, 15) is 14.4 Å². The van der Waals surface area contributed by atoms with Crippen LogP contribution < -0.4 is 15.0 Å². The lowest BCUT2D eigenvalue weighted by Gasteiger charge is -2.28. The summed E-state index contributed by atoms with van der Waals surface area (Å²) in [5.74, 6) is -0.721. The van der Waals surface area contributed by atoms with Gasteiger partial charge in [-0.05, 0) is 72.5 Å². The molecule has 0 aliphatic carbocycles. The number of hydrogen-bond acceptors (Lipinski definition) is 4. The molecule has 3 aromatic carbocycles. The molecule has 0 atom stereocenters. The molecule has 0 saturated carbocycles. The van der Waals surface area contributed by atoms with Crippen molar-refractivity contribution in [1.82, 2.24) is 5.32 Å². The molecule has 0 aromatic heterocycles. The first-order valence-electron chi connectivity index (χ1n) is 10.3. The fourth-order valence-electron chi connectivity index (χ4n) is 3.43. The first-order valence-corrected chi connectivity index (χ1v) is 11.1. The van der Waals surface area contributed by atoms with E-state index in [0.717, 1.165) is 26.1 Å². The Balaban J connectivity index is 1.54. The summed E-state index contributed by atoms with van der Waals surface area (Å²) < 4.78 is 6.80. The third-order valence-corrected chi connectivity index (χ3v) is 5.96. The normalized spacial score (nSPS) is 15.1. The Morgan fingerprint density at radius 2 is 1.64 bits per heavy atom. The number of aryl methyl sites for hydroxylation is 1. The van der Waals surface area contributed by atoms with E-state index in [1.54, 1.807) is 36.4 Å². The number of halogens is 1. The highest BCUT2D eigenvalue weighted by molar-refractivity contribution is 9.10. The Morgan fingerprint density at radius 1 is 0.939 bits per heavy atom. The Bertz CT molecular complexity index is 1260. The maximum absolute atomic E-state index is 13.1. The van der Waals surface area contributed by atoms with Crippen molar-refractivity contribution in [2.45, 2.75) is 20.5 Å². The fourth-order valence-corrected chi connectivity index (χ4v) is 3.69. The van der Waals surface area contributed by atoms with Gasteiger partial charge in [0.15, 0.2) is 0 Å². The van der Waals surface area contributed by atoms with Gasteiger partial charge in [0.2, 0.25) is 0 Å². The second-order valence-electron chi connectivity index (χ2n) is 7.66. The van der Waals surface area contributed by atoms with Crippen molar-refractivity contribution < 1.29 is 19.1 Å². The maximum atomic E-state index is 13.1. The molecule has 1 fully saturated rings. The van der Waals surface area contributed by atoms with Gasteiger partial charge in [-0.15, -0.1) is 0 Å². The van der Waals surface area contributed by atoms with Gasteiger partial charge in [-0.2, -0.15) is 0 Å². The Hall–Kier alpha value is -3.71. The molecule has 4 rings (SSSR count). The third kappa shape index (κ3) is 4.88. The molecule has 0 bridgehead atoms. The zero-order chi connectivity index (χ0) is 23.5. The van der Waals surface area contributed by atoms with E-state index in [-0.39, 0.29) is 5.57 Å². The lowest BCUT2D eigenvalue weighted by Crippen LogP contribution is -2.54. The molecule has 1 saturated heterocycles. The summed E-state index contributed by atoms with van der Waals surface area (Å²) in [4.78, 5) is 39.0. The molecule has 6 nitrogen and oxygen atoms in total. The number of anilines is 1. The van der Waals surface area contributed by atoms with Crippen molar-refractivity contribution in [1.29, 1.82) is 0 Å². The first-order chi connectivity index (χ1) is 15.8. The molecule has 33 heavy (non-hydrogen) atoms. The molecule has 166 valence electrons. The predicted molar refractivity (Wildman–Crippen MR) is 130 cm³/mol. The van der Waals surface area contributed by atoms with E-state index in [0.29, 0.717) is 23.6 Å². The third-order valence-electron chi connectivity index (χ3n) is 5.43. The number of carbonyl (C=O) groups is 3. The number of nitrogens with one attached hydrogen (secondary N) is 1. The molecule has 0 radical (unpaired) electrons. The number of nitrogens with zero attached hydrogens (tertiary/aromatic N) is 1. The van der Waals surface area contributed by atoms with E-state index in [1.165, 1.54) is 6.08 Å². The number of carbonyl (C=O) groups excluding carboxylic acids is 3. The van der Waals surface area contributed by atoms with Crippen LogP contribution in [0.25, 0.3) is 6.08 Å². The van der Waals surface area contributed by atoms with Gasteiger partial charge < -0.3 is 4.74 Å². The highest BCUT2D eigenvalue weighted by atomic mass is 79.9. The molecule has 1 aliphatic heterocycles. The SMILES string of the molecule is Cc1cccc(N2C(=O)NC(=O)/C(=C\c3ccc(OCc4ccc(Br)cc4)cc3)C2=O)c1C. The molecule has 3 aromatic rings. The van der Waals surface area contributed by atoms with Crippen molar-refractivity contribution in [2.75, 3.05) is 4.90 Å². The van der Waals surface area contributed by atoms with E-state index in [1.807, 2.05) is 44.2 Å². The van der Waals surface area contributed by atoms with Crippen molar-refractivity contribution in [3.8, 4) is 5.75 Å². The number of benzene rings is 3. The van der Waals surface area contributed by atoms with E-state index in [4.69, 9.17) is 4.74 Å². The Kier molecular flexibility index (Phi) is 6.42. The number of imide groups is 2. The van der Waals surface area contributed by atoms with Gasteiger partial charge >= 0.3 is 6.03 Å². The van der Waals surface area contributed by atoms with Crippen LogP contribution in [0.2, 0.25) is 0 Å². The molecule has 4 amide bonds. The smallest absolute Gasteiger partial charge is 0.335 e. The van der Waals surface area contributed by atoms with Gasteiger partial charge in [-0.3, -0.25) is 14.9 Å². The summed E-state index contributed by atoms with van der Waals surface area (Å²) in [5.41, 5.74) is 3.74. The topological polar surface area (TPSA) is 75.7 Å². The Labute approximate surface area is 200 Å². The highest BCUT2D eigenvalue weighted by Gasteiger charge is 2.37. The number of barbiturate groups is 1. The minimum Gasteiger partial charge on any atom is -0.489 e. The summed E-state index contributed by atoms with van der Waals surface area (Å²) in [5, 5.41) is 2.26. The van der Waals surface area contributed by atoms with Crippen molar-refractivity contribution in [2.24, 2.45) is 0 Å². The maximum Gasteiger partial charge on any atom is 0.335 e. The fraction of sp³-hybridized carbons (Fsp3) is 0.115. The van der Waals surface area contributed by atoms with Gasteiger partial charge in [-0.25, -0.2) is 9.69 Å². The van der Waals surface area contributed by atoms with Crippen LogP contribution in [0.1, 0.15) is 22.3 Å². The van der Waals surface area contributed by atoms with Crippen LogP contribution in [-0.4, -0.2) is 17.8 Å². The van der Waals surface area contributed by atoms with Crippen LogP contribution in [0, 0.1) is 13.8 Å². The largest absolute Gasteiger partial charge is 0.489 e. The summed E-state index contributed by atoms with van der Waals surface area (Å²) in [6.07, 6.45) is 1.47. The van der Waals surface area contributed by atoms with Crippen molar-refractivity contribution in [3.05, 3.63) is 99.0 Å². The predicted octanol–water partition coefficient (Wildman–Crippen LogP) is 5.31. The summed E-state index contributed by atoms with van der Waals surface area (Å²) in [7, 11) is 0. The second kappa shape index (κ2) is 9.42.